The van der Waals surface area contributed by atoms with Crippen LogP contribution in [-0.2, 0) is 11.3 Å². The van der Waals surface area contributed by atoms with Crippen LogP contribution in [-0.4, -0.2) is 68.4 Å². The van der Waals surface area contributed by atoms with Gasteiger partial charge >= 0.3 is 0 Å². The second kappa shape index (κ2) is 16.6. The number of benzene rings is 2. The zero-order valence-electron chi connectivity index (χ0n) is 29.5. The number of amides is 1. The van der Waals surface area contributed by atoms with E-state index in [0.717, 1.165) is 81.1 Å². The summed E-state index contributed by atoms with van der Waals surface area (Å²) in [4.78, 5) is 37.0. The summed E-state index contributed by atoms with van der Waals surface area (Å²) in [6.45, 7) is 3.78. The van der Waals surface area contributed by atoms with E-state index in [0.29, 0.717) is 36.9 Å². The maximum Gasteiger partial charge on any atom is 0.271 e. The number of carbonyl (C=O) groups is 2. The van der Waals surface area contributed by atoms with Crippen molar-refractivity contribution in [3.8, 4) is 28.5 Å². The van der Waals surface area contributed by atoms with Crippen molar-refractivity contribution < 1.29 is 33.0 Å². The molecule has 53 heavy (non-hydrogen) atoms. The number of nitrogens with one attached hydrogen (secondary N) is 1. The summed E-state index contributed by atoms with van der Waals surface area (Å²) in [6, 6.07) is 16.8. The number of ketones is 1. The van der Waals surface area contributed by atoms with Gasteiger partial charge in [-0.15, -0.1) is 0 Å². The Morgan fingerprint density at radius 3 is 2.70 bits per heavy atom. The topological polar surface area (TPSA) is 118 Å². The lowest BCUT2D eigenvalue weighted by Crippen LogP contribution is -2.37. The molecule has 0 spiro atoms. The fraction of sp³-hybridized carbons (Fsp3) is 0.366. The van der Waals surface area contributed by atoms with Crippen LogP contribution in [0.3, 0.4) is 0 Å². The second-order valence-corrected chi connectivity index (χ2v) is 14.0. The molecule has 2 aromatic carbocycles. The zero-order chi connectivity index (χ0) is 36.7. The Kier molecular flexibility index (Phi) is 11.4. The van der Waals surface area contributed by atoms with Crippen LogP contribution in [0.5, 0.6) is 17.4 Å². The van der Waals surface area contributed by atoms with Crippen molar-refractivity contribution >= 4 is 17.3 Å². The molecule has 1 aliphatic carbocycles. The average Bonchev–Trinajstić information content (AvgIpc) is 3.41. The minimum atomic E-state index is -0.613. The summed E-state index contributed by atoms with van der Waals surface area (Å²) in [5, 5.41) is 13.4. The number of imidazole rings is 1. The molecule has 0 radical (unpaired) electrons. The molecule has 12 heteroatoms. The van der Waals surface area contributed by atoms with E-state index >= 15 is 0 Å². The number of phenolic OH excluding ortho intramolecular Hbond substituents is 1. The molecule has 2 aliphatic rings. The maximum atomic E-state index is 14.4. The van der Waals surface area contributed by atoms with Gasteiger partial charge in [-0.3, -0.25) is 14.5 Å². The van der Waals surface area contributed by atoms with Crippen LogP contribution < -0.4 is 10.1 Å². The Hall–Kier alpha value is -5.20. The highest BCUT2D eigenvalue weighted by atomic mass is 19.1. The van der Waals surface area contributed by atoms with Crippen LogP contribution in [0, 0.1) is 17.6 Å². The first kappa shape index (κ1) is 36.2. The van der Waals surface area contributed by atoms with Gasteiger partial charge in [0, 0.05) is 51.1 Å². The molecule has 0 bridgehead atoms. The number of rotatable bonds is 12. The van der Waals surface area contributed by atoms with E-state index in [9.17, 15) is 23.5 Å². The van der Waals surface area contributed by atoms with Crippen molar-refractivity contribution in [1.29, 1.82) is 0 Å². The van der Waals surface area contributed by atoms with Crippen LogP contribution in [0.2, 0.25) is 0 Å². The predicted octanol–water partition coefficient (Wildman–Crippen LogP) is 7.74. The van der Waals surface area contributed by atoms with Crippen molar-refractivity contribution in [2.24, 2.45) is 5.92 Å². The molecule has 10 nitrogen and oxygen atoms in total. The molecule has 0 atom stereocenters. The molecule has 1 amide bonds. The summed E-state index contributed by atoms with van der Waals surface area (Å²) in [5.74, 6) is -0.416. The van der Waals surface area contributed by atoms with Gasteiger partial charge in [0.15, 0.2) is 5.78 Å². The second-order valence-electron chi connectivity index (χ2n) is 14.0. The third-order valence-corrected chi connectivity index (χ3v) is 10.1. The summed E-state index contributed by atoms with van der Waals surface area (Å²) in [6.07, 6.45) is 9.97. The van der Waals surface area contributed by atoms with Gasteiger partial charge in [-0.05, 0) is 104 Å². The van der Waals surface area contributed by atoms with E-state index in [4.69, 9.17) is 9.47 Å². The lowest BCUT2D eigenvalue weighted by atomic mass is 9.83. The SMILES string of the molecule is O=C(NC1CCC(CCCC(=O)c2cc(F)cnc2Oc2cccc(-c3ccc(O)cc3CN3CCCOCC3)c2)CC1)c1cn2cc(F)ccc2n1. The third kappa shape index (κ3) is 9.24. The average molecular weight is 724 g/mol. The van der Waals surface area contributed by atoms with Gasteiger partial charge in [0.25, 0.3) is 5.91 Å². The maximum absolute atomic E-state index is 14.4. The van der Waals surface area contributed by atoms with Crippen molar-refractivity contribution in [1.82, 2.24) is 24.6 Å². The fourth-order valence-electron chi connectivity index (χ4n) is 7.35. The minimum Gasteiger partial charge on any atom is -0.508 e. The molecule has 1 aliphatic heterocycles. The Labute approximate surface area is 306 Å². The van der Waals surface area contributed by atoms with E-state index in [1.807, 2.05) is 24.3 Å². The van der Waals surface area contributed by atoms with Crippen molar-refractivity contribution in [3.63, 3.8) is 0 Å². The molecule has 0 unspecified atom stereocenters. The Morgan fingerprint density at radius 2 is 1.83 bits per heavy atom. The number of Topliss-reactive ketones (excluding diaryl/α,β-unsaturated/α-hetero) is 1. The molecule has 5 aromatic rings. The summed E-state index contributed by atoms with van der Waals surface area (Å²) >= 11 is 0. The summed E-state index contributed by atoms with van der Waals surface area (Å²) < 4.78 is 41.2. The van der Waals surface area contributed by atoms with Gasteiger partial charge < -0.3 is 24.3 Å². The van der Waals surface area contributed by atoms with Gasteiger partial charge in [0.2, 0.25) is 5.88 Å². The van der Waals surface area contributed by atoms with Crippen molar-refractivity contribution in [2.75, 3.05) is 26.3 Å². The van der Waals surface area contributed by atoms with E-state index in [1.165, 1.54) is 35.0 Å². The van der Waals surface area contributed by atoms with E-state index < -0.39 is 11.6 Å². The molecule has 4 heterocycles. The van der Waals surface area contributed by atoms with Gasteiger partial charge in [-0.2, -0.15) is 0 Å². The molecule has 276 valence electrons. The largest absolute Gasteiger partial charge is 0.508 e. The molecule has 1 saturated heterocycles. The molecule has 2 N–H and O–H groups in total. The quantitative estimate of drug-likeness (QED) is 0.126. The monoisotopic (exact) mass is 723 g/mol. The molecule has 3 aromatic heterocycles. The zero-order valence-corrected chi connectivity index (χ0v) is 29.5. The van der Waals surface area contributed by atoms with E-state index in [2.05, 4.69) is 20.2 Å². The number of hydrogen-bond acceptors (Lipinski definition) is 8. The number of hydrogen-bond donors (Lipinski definition) is 2. The van der Waals surface area contributed by atoms with Crippen LogP contribution in [0.25, 0.3) is 16.8 Å². The molecule has 2 fully saturated rings. The first-order valence-electron chi connectivity index (χ1n) is 18.3. The van der Waals surface area contributed by atoms with E-state index in [1.54, 1.807) is 18.2 Å². The van der Waals surface area contributed by atoms with Crippen LogP contribution in [0.4, 0.5) is 8.78 Å². The lowest BCUT2D eigenvalue weighted by Gasteiger charge is -2.29. The molecule has 1 saturated carbocycles. The van der Waals surface area contributed by atoms with Crippen molar-refractivity contribution in [3.05, 3.63) is 108 Å². The summed E-state index contributed by atoms with van der Waals surface area (Å²) in [7, 11) is 0. The van der Waals surface area contributed by atoms with Crippen LogP contribution in [0.15, 0.2) is 79.3 Å². The third-order valence-electron chi connectivity index (χ3n) is 10.1. The van der Waals surface area contributed by atoms with Crippen LogP contribution >= 0.6 is 0 Å². The highest BCUT2D eigenvalue weighted by Crippen LogP contribution is 2.34. The predicted molar refractivity (Wildman–Crippen MR) is 195 cm³/mol. The van der Waals surface area contributed by atoms with Gasteiger partial charge in [-0.1, -0.05) is 24.6 Å². The Morgan fingerprint density at radius 1 is 0.962 bits per heavy atom. The number of fused-ring (bicyclic) bond motifs is 1. The fourth-order valence-corrected chi connectivity index (χ4v) is 7.35. The molecule has 7 rings (SSSR count). The smallest absolute Gasteiger partial charge is 0.271 e. The highest BCUT2D eigenvalue weighted by molar-refractivity contribution is 5.98. The normalized spacial score (nSPS) is 18.1. The number of aromatic nitrogens is 3. The standard InChI is InChI=1S/C41H43F2N5O5/c42-30-10-15-39-46-37(26-48(39)25-30)40(51)45-32-11-8-27(9-12-32)4-1-7-38(50)36-22-31(43)23-44-41(36)53-34-6-2-5-28(21-34)35-14-13-33(49)20-29(35)24-47-16-3-18-52-19-17-47/h2,5-6,10,13-15,20-23,25-27,32,49H,1,3-4,7-9,11-12,16-19,24H2,(H,45,51). The number of ether oxygens (including phenoxy) is 2. The Bertz CT molecular complexity index is 2070. The first-order chi connectivity index (χ1) is 25.8. The number of carbonyl (C=O) groups excluding carboxylic acids is 2. The minimum absolute atomic E-state index is 0.0218. The number of pyridine rings is 2. The molecular formula is C41H43F2N5O5. The summed E-state index contributed by atoms with van der Waals surface area (Å²) in [5.41, 5.74) is 3.65. The number of aromatic hydroxyl groups is 1. The van der Waals surface area contributed by atoms with Gasteiger partial charge in [0.1, 0.15) is 34.5 Å². The first-order valence-corrected chi connectivity index (χ1v) is 18.3. The van der Waals surface area contributed by atoms with Gasteiger partial charge in [-0.25, -0.2) is 18.7 Å². The number of halogens is 2. The molecular weight excluding hydrogens is 680 g/mol. The number of phenols is 1. The highest BCUT2D eigenvalue weighted by Gasteiger charge is 2.25. The Balaban J connectivity index is 0.932. The van der Waals surface area contributed by atoms with Crippen molar-refractivity contribution in [2.45, 2.75) is 64.0 Å². The van der Waals surface area contributed by atoms with Crippen LogP contribution in [0.1, 0.15) is 77.8 Å². The van der Waals surface area contributed by atoms with E-state index in [-0.39, 0.29) is 47.0 Å². The lowest BCUT2D eigenvalue weighted by molar-refractivity contribution is 0.0912. The van der Waals surface area contributed by atoms with Gasteiger partial charge in [0.05, 0.1) is 18.4 Å². The number of nitrogens with zero attached hydrogens (tertiary/aromatic N) is 4.